The second-order valence-corrected chi connectivity index (χ2v) is 9.44. The summed E-state index contributed by atoms with van der Waals surface area (Å²) in [5, 5.41) is 5.17. The lowest BCUT2D eigenvalue weighted by Crippen LogP contribution is -1.93. The van der Waals surface area contributed by atoms with Crippen molar-refractivity contribution < 1.29 is 0 Å². The maximum absolute atomic E-state index is 2.40. The standard InChI is InChI=1S/C35H25N/c1-24-19-21-30(29-16-9-8-15-28(24)29)31-17-10-18-34-35(31)32-23-26(25-11-4-2-5-12-25)20-22-33(32)36(34)27-13-6-3-7-14-27/h2-23H,1H3. The maximum Gasteiger partial charge on any atom is 0.0547 e. The number of benzene rings is 6. The number of nitrogens with zero attached hydrogens (tertiary/aromatic N) is 1. The maximum atomic E-state index is 2.40. The van der Waals surface area contributed by atoms with E-state index in [1.54, 1.807) is 0 Å². The molecular formula is C35H25N. The molecule has 0 amide bonds. The minimum atomic E-state index is 1.18. The Kier molecular flexibility index (Phi) is 4.75. The van der Waals surface area contributed by atoms with Crippen LogP contribution in [0, 0.1) is 6.92 Å². The molecule has 0 atom stereocenters. The van der Waals surface area contributed by atoms with Gasteiger partial charge in [-0.1, -0.05) is 103 Å². The first-order chi connectivity index (χ1) is 17.8. The minimum absolute atomic E-state index is 1.18. The Bertz CT molecular complexity index is 1880. The Hall–Kier alpha value is -4.62. The van der Waals surface area contributed by atoms with E-state index in [0.29, 0.717) is 0 Å². The summed E-state index contributed by atoms with van der Waals surface area (Å²) in [6.07, 6.45) is 0. The van der Waals surface area contributed by atoms with Crippen molar-refractivity contribution in [1.82, 2.24) is 4.57 Å². The Morgan fingerprint density at radius 3 is 1.97 bits per heavy atom. The molecule has 0 unspecified atom stereocenters. The first kappa shape index (κ1) is 20.7. The van der Waals surface area contributed by atoms with Gasteiger partial charge in [-0.3, -0.25) is 0 Å². The predicted octanol–water partition coefficient (Wildman–Crippen LogP) is 9.58. The van der Waals surface area contributed by atoms with Crippen LogP contribution in [0.1, 0.15) is 5.56 Å². The van der Waals surface area contributed by atoms with Crippen molar-refractivity contribution in [3.8, 4) is 27.9 Å². The molecule has 7 aromatic rings. The van der Waals surface area contributed by atoms with Gasteiger partial charge in [0, 0.05) is 16.5 Å². The zero-order chi connectivity index (χ0) is 24.1. The van der Waals surface area contributed by atoms with E-state index in [-0.39, 0.29) is 0 Å². The second-order valence-electron chi connectivity index (χ2n) is 9.44. The predicted molar refractivity (Wildman–Crippen MR) is 154 cm³/mol. The van der Waals surface area contributed by atoms with E-state index in [0.717, 1.165) is 0 Å². The van der Waals surface area contributed by atoms with Crippen LogP contribution in [0.3, 0.4) is 0 Å². The van der Waals surface area contributed by atoms with E-state index in [9.17, 15) is 0 Å². The van der Waals surface area contributed by atoms with E-state index < -0.39 is 0 Å². The Morgan fingerprint density at radius 1 is 0.444 bits per heavy atom. The molecule has 0 bridgehead atoms. The van der Waals surface area contributed by atoms with Crippen molar-refractivity contribution >= 4 is 32.6 Å². The van der Waals surface area contributed by atoms with Crippen LogP contribution < -0.4 is 0 Å². The summed E-state index contributed by atoms with van der Waals surface area (Å²) in [5.41, 5.74) is 9.95. The van der Waals surface area contributed by atoms with Gasteiger partial charge < -0.3 is 4.57 Å². The minimum Gasteiger partial charge on any atom is -0.309 e. The first-order valence-corrected chi connectivity index (χ1v) is 12.5. The zero-order valence-electron chi connectivity index (χ0n) is 20.1. The topological polar surface area (TPSA) is 4.93 Å². The molecule has 0 aliphatic heterocycles. The molecule has 0 spiro atoms. The van der Waals surface area contributed by atoms with Crippen LogP contribution >= 0.6 is 0 Å². The van der Waals surface area contributed by atoms with Gasteiger partial charge in [-0.25, -0.2) is 0 Å². The molecule has 170 valence electrons. The molecule has 6 aromatic carbocycles. The molecule has 0 radical (unpaired) electrons. The van der Waals surface area contributed by atoms with Crippen LogP contribution in [0.5, 0.6) is 0 Å². The van der Waals surface area contributed by atoms with Crippen LogP contribution in [0.25, 0.3) is 60.5 Å². The number of fused-ring (bicyclic) bond motifs is 4. The molecule has 1 aromatic heterocycles. The Balaban J connectivity index is 1.63. The van der Waals surface area contributed by atoms with E-state index in [2.05, 4.69) is 145 Å². The van der Waals surface area contributed by atoms with Crippen molar-refractivity contribution in [2.75, 3.05) is 0 Å². The van der Waals surface area contributed by atoms with Crippen LogP contribution in [0.15, 0.2) is 133 Å². The zero-order valence-corrected chi connectivity index (χ0v) is 20.1. The van der Waals surface area contributed by atoms with Crippen molar-refractivity contribution in [2.45, 2.75) is 6.92 Å². The summed E-state index contributed by atoms with van der Waals surface area (Å²) in [5.74, 6) is 0. The fourth-order valence-electron chi connectivity index (χ4n) is 5.65. The van der Waals surface area contributed by atoms with Crippen LogP contribution in [-0.4, -0.2) is 4.57 Å². The number of aromatic nitrogens is 1. The Labute approximate surface area is 210 Å². The van der Waals surface area contributed by atoms with Crippen LogP contribution in [0.4, 0.5) is 0 Å². The van der Waals surface area contributed by atoms with Crippen LogP contribution in [0.2, 0.25) is 0 Å². The van der Waals surface area contributed by atoms with Gasteiger partial charge in [0.05, 0.1) is 11.0 Å². The van der Waals surface area contributed by atoms with Gasteiger partial charge >= 0.3 is 0 Å². The fraction of sp³-hybridized carbons (Fsp3) is 0.0286. The Morgan fingerprint density at radius 2 is 1.17 bits per heavy atom. The largest absolute Gasteiger partial charge is 0.309 e. The summed E-state index contributed by atoms with van der Waals surface area (Å²) in [6.45, 7) is 2.19. The molecule has 0 aliphatic rings. The molecule has 0 saturated heterocycles. The van der Waals surface area contributed by atoms with Gasteiger partial charge in [0.15, 0.2) is 0 Å². The molecule has 36 heavy (non-hydrogen) atoms. The van der Waals surface area contributed by atoms with E-state index >= 15 is 0 Å². The lowest BCUT2D eigenvalue weighted by atomic mass is 9.92. The summed E-state index contributed by atoms with van der Waals surface area (Å²) in [7, 11) is 0. The smallest absolute Gasteiger partial charge is 0.0547 e. The highest BCUT2D eigenvalue weighted by Gasteiger charge is 2.18. The molecule has 1 nitrogen and oxygen atoms in total. The number of hydrogen-bond donors (Lipinski definition) is 0. The highest BCUT2D eigenvalue weighted by molar-refractivity contribution is 6.18. The third kappa shape index (κ3) is 3.17. The lowest BCUT2D eigenvalue weighted by molar-refractivity contribution is 1.18. The molecule has 0 aliphatic carbocycles. The fourth-order valence-corrected chi connectivity index (χ4v) is 5.65. The highest BCUT2D eigenvalue weighted by Crippen LogP contribution is 2.42. The average Bonchev–Trinajstić information content (AvgIpc) is 3.28. The summed E-state index contributed by atoms with van der Waals surface area (Å²) >= 11 is 0. The average molecular weight is 460 g/mol. The normalized spacial score (nSPS) is 11.5. The lowest BCUT2D eigenvalue weighted by Gasteiger charge is -2.12. The summed E-state index contributed by atoms with van der Waals surface area (Å²) in [6, 6.07) is 48.3. The molecule has 0 N–H and O–H groups in total. The van der Waals surface area contributed by atoms with Gasteiger partial charge in [-0.05, 0) is 75.8 Å². The third-order valence-corrected chi connectivity index (χ3v) is 7.34. The molecule has 1 heterocycles. The van der Waals surface area contributed by atoms with Crippen LogP contribution in [-0.2, 0) is 0 Å². The molecule has 7 rings (SSSR count). The highest BCUT2D eigenvalue weighted by atomic mass is 15.0. The van der Waals surface area contributed by atoms with Crippen molar-refractivity contribution in [2.24, 2.45) is 0 Å². The quantitative estimate of drug-likeness (QED) is 0.248. The molecular weight excluding hydrogens is 434 g/mol. The SMILES string of the molecule is Cc1ccc(-c2cccc3c2c2cc(-c4ccccc4)ccc2n3-c2ccccc2)c2ccccc12. The van der Waals surface area contributed by atoms with E-state index in [1.807, 2.05) is 0 Å². The van der Waals surface area contributed by atoms with Gasteiger partial charge in [0.25, 0.3) is 0 Å². The molecule has 0 fully saturated rings. The van der Waals surface area contributed by atoms with Crippen molar-refractivity contribution in [3.63, 3.8) is 0 Å². The number of para-hydroxylation sites is 1. The first-order valence-electron chi connectivity index (χ1n) is 12.5. The van der Waals surface area contributed by atoms with Gasteiger partial charge in [-0.2, -0.15) is 0 Å². The summed E-state index contributed by atoms with van der Waals surface area (Å²) < 4.78 is 2.40. The van der Waals surface area contributed by atoms with Gasteiger partial charge in [-0.15, -0.1) is 0 Å². The van der Waals surface area contributed by atoms with E-state index in [1.165, 1.54) is 66.1 Å². The van der Waals surface area contributed by atoms with E-state index in [4.69, 9.17) is 0 Å². The molecule has 0 saturated carbocycles. The monoisotopic (exact) mass is 459 g/mol. The second kappa shape index (κ2) is 8.25. The van der Waals surface area contributed by atoms with Crippen molar-refractivity contribution in [3.05, 3.63) is 139 Å². The molecule has 1 heteroatoms. The number of hydrogen-bond acceptors (Lipinski definition) is 0. The van der Waals surface area contributed by atoms with Gasteiger partial charge in [0.1, 0.15) is 0 Å². The van der Waals surface area contributed by atoms with Crippen molar-refractivity contribution in [1.29, 1.82) is 0 Å². The summed E-state index contributed by atoms with van der Waals surface area (Å²) in [4.78, 5) is 0. The third-order valence-electron chi connectivity index (χ3n) is 7.34. The number of aryl methyl sites for hydroxylation is 1. The van der Waals surface area contributed by atoms with Gasteiger partial charge in [0.2, 0.25) is 0 Å². The number of rotatable bonds is 3.